The van der Waals surface area contributed by atoms with E-state index in [0.717, 1.165) is 18.4 Å². The lowest BCUT2D eigenvalue weighted by Gasteiger charge is -2.14. The lowest BCUT2D eigenvalue weighted by atomic mass is 10.1. The van der Waals surface area contributed by atoms with Crippen molar-refractivity contribution in [3.63, 3.8) is 0 Å². The zero-order valence-electron chi connectivity index (χ0n) is 15.4. The predicted octanol–water partition coefficient (Wildman–Crippen LogP) is 3.21. The molecule has 2 aromatic carbocycles. The third-order valence-corrected chi connectivity index (χ3v) is 5.21. The van der Waals surface area contributed by atoms with Gasteiger partial charge in [0.25, 0.3) is 5.56 Å². The molecule has 1 aromatic heterocycles. The number of carbonyl (C=O) groups is 1. The van der Waals surface area contributed by atoms with Crippen molar-refractivity contribution in [1.29, 1.82) is 0 Å². The number of aromatic nitrogens is 2. The minimum Gasteiger partial charge on any atom is -0.294 e. The summed E-state index contributed by atoms with van der Waals surface area (Å²) in [4.78, 5) is 37.7. The van der Waals surface area contributed by atoms with E-state index < -0.39 is 0 Å². The highest BCUT2D eigenvalue weighted by atomic mass is 16.2. The van der Waals surface area contributed by atoms with E-state index in [9.17, 15) is 14.4 Å². The fourth-order valence-corrected chi connectivity index (χ4v) is 3.43. The van der Waals surface area contributed by atoms with Crippen LogP contribution < -0.4 is 11.2 Å². The second-order valence-electron chi connectivity index (χ2n) is 7.22. The highest BCUT2D eigenvalue weighted by Crippen LogP contribution is 2.29. The Morgan fingerprint density at radius 2 is 1.70 bits per heavy atom. The maximum atomic E-state index is 13.1. The molecule has 138 valence electrons. The van der Waals surface area contributed by atoms with Crippen molar-refractivity contribution < 1.29 is 4.79 Å². The van der Waals surface area contributed by atoms with Crippen LogP contribution in [-0.4, -0.2) is 14.9 Å². The van der Waals surface area contributed by atoms with Crippen molar-refractivity contribution >= 4 is 16.7 Å². The summed E-state index contributed by atoms with van der Waals surface area (Å²) in [5.41, 5.74) is 1.78. The van der Waals surface area contributed by atoms with Crippen LogP contribution in [-0.2, 0) is 13.1 Å². The molecular weight excluding hydrogens is 340 g/mol. The van der Waals surface area contributed by atoms with E-state index >= 15 is 0 Å². The summed E-state index contributed by atoms with van der Waals surface area (Å²) in [5.74, 6) is 0.534. The van der Waals surface area contributed by atoms with Crippen LogP contribution in [0.15, 0.2) is 58.1 Å². The quantitative estimate of drug-likeness (QED) is 0.633. The van der Waals surface area contributed by atoms with Crippen molar-refractivity contribution in [2.24, 2.45) is 5.92 Å². The van der Waals surface area contributed by atoms with Crippen LogP contribution in [0, 0.1) is 5.92 Å². The number of nitrogens with zero attached hydrogens (tertiary/aromatic N) is 2. The van der Waals surface area contributed by atoms with Crippen LogP contribution in [0.4, 0.5) is 0 Å². The highest BCUT2D eigenvalue weighted by Gasteiger charge is 2.24. The van der Waals surface area contributed by atoms with Gasteiger partial charge in [0.05, 0.1) is 17.4 Å². The van der Waals surface area contributed by atoms with E-state index in [2.05, 4.69) is 0 Å². The van der Waals surface area contributed by atoms with E-state index in [-0.39, 0.29) is 17.0 Å². The minimum atomic E-state index is -0.265. The summed E-state index contributed by atoms with van der Waals surface area (Å²) in [5, 5.41) is 0.565. The monoisotopic (exact) mass is 362 g/mol. The average Bonchev–Trinajstić information content (AvgIpc) is 3.52. The highest BCUT2D eigenvalue weighted by molar-refractivity contribution is 5.95. The molecule has 1 aliphatic rings. The van der Waals surface area contributed by atoms with Gasteiger partial charge in [-0.3, -0.25) is 18.7 Å². The van der Waals surface area contributed by atoms with Crippen molar-refractivity contribution in [2.75, 3.05) is 0 Å². The molecule has 1 fully saturated rings. The lowest BCUT2D eigenvalue weighted by molar-refractivity contribution is 0.0988. The Kier molecular flexibility index (Phi) is 4.52. The molecule has 27 heavy (non-hydrogen) atoms. The van der Waals surface area contributed by atoms with Gasteiger partial charge in [0, 0.05) is 18.5 Å². The van der Waals surface area contributed by atoms with E-state index in [0.29, 0.717) is 41.9 Å². The van der Waals surface area contributed by atoms with Gasteiger partial charge >= 0.3 is 5.69 Å². The Balaban J connectivity index is 1.79. The molecule has 0 amide bonds. The van der Waals surface area contributed by atoms with Crippen LogP contribution in [0.25, 0.3) is 10.9 Å². The van der Waals surface area contributed by atoms with Crippen molar-refractivity contribution in [2.45, 2.75) is 39.3 Å². The fourth-order valence-electron chi connectivity index (χ4n) is 3.43. The van der Waals surface area contributed by atoms with Gasteiger partial charge < -0.3 is 0 Å². The summed E-state index contributed by atoms with van der Waals surface area (Å²) in [6, 6.07) is 14.6. The van der Waals surface area contributed by atoms with Crippen molar-refractivity contribution in [1.82, 2.24) is 9.13 Å². The maximum Gasteiger partial charge on any atom is 0.331 e. The number of para-hydroxylation sites is 1. The molecule has 0 saturated heterocycles. The molecule has 0 atom stereocenters. The van der Waals surface area contributed by atoms with E-state index in [1.807, 2.05) is 37.3 Å². The third kappa shape index (κ3) is 3.37. The zero-order valence-corrected chi connectivity index (χ0v) is 15.4. The molecule has 0 aliphatic heterocycles. The maximum absolute atomic E-state index is 13.1. The smallest absolute Gasteiger partial charge is 0.294 e. The van der Waals surface area contributed by atoms with Gasteiger partial charge in [0.15, 0.2) is 5.78 Å². The van der Waals surface area contributed by atoms with Crippen LogP contribution in [0.2, 0.25) is 0 Å². The second-order valence-corrected chi connectivity index (χ2v) is 7.22. The van der Waals surface area contributed by atoms with E-state index in [4.69, 9.17) is 0 Å². The number of ketones is 1. The largest absolute Gasteiger partial charge is 0.331 e. The number of fused-ring (bicyclic) bond motifs is 1. The van der Waals surface area contributed by atoms with Gasteiger partial charge in [0.1, 0.15) is 0 Å². The fraction of sp³-hybridized carbons (Fsp3) is 0.318. The Hall–Kier alpha value is -2.95. The first-order valence-corrected chi connectivity index (χ1v) is 9.43. The summed E-state index contributed by atoms with van der Waals surface area (Å²) in [6.45, 7) is 2.70. The number of carbonyl (C=O) groups excluding carboxylic acids is 1. The van der Waals surface area contributed by atoms with Crippen LogP contribution >= 0.6 is 0 Å². The predicted molar refractivity (Wildman–Crippen MR) is 105 cm³/mol. The molecule has 0 spiro atoms. The van der Waals surface area contributed by atoms with Gasteiger partial charge in [-0.1, -0.05) is 43.3 Å². The SMILES string of the molecule is CCC(=O)c1ccc(Cn2c(=O)n(CC3CC3)c(=O)c3ccccc32)cc1. The molecule has 0 N–H and O–H groups in total. The number of rotatable bonds is 6. The van der Waals surface area contributed by atoms with Crippen LogP contribution in [0.3, 0.4) is 0 Å². The van der Waals surface area contributed by atoms with Crippen LogP contribution in [0.1, 0.15) is 42.1 Å². The van der Waals surface area contributed by atoms with Gasteiger partial charge in [0.2, 0.25) is 0 Å². The Morgan fingerprint density at radius 1 is 1.00 bits per heavy atom. The van der Waals surface area contributed by atoms with E-state index in [1.165, 1.54) is 4.57 Å². The standard InChI is InChI=1S/C22H22N2O3/c1-2-20(25)17-11-9-16(10-12-17)13-23-19-6-4-3-5-18(19)21(26)24(22(23)27)14-15-7-8-15/h3-6,9-12,15H,2,7-8,13-14H2,1H3. The van der Waals surface area contributed by atoms with Gasteiger partial charge in [-0.05, 0) is 36.5 Å². The number of Topliss-reactive ketones (excluding diaryl/α,β-unsaturated/α-hetero) is 1. The topological polar surface area (TPSA) is 61.1 Å². The Bertz CT molecular complexity index is 1120. The van der Waals surface area contributed by atoms with Crippen molar-refractivity contribution in [3.05, 3.63) is 80.5 Å². The third-order valence-electron chi connectivity index (χ3n) is 5.21. The lowest BCUT2D eigenvalue weighted by Crippen LogP contribution is -2.40. The minimum absolute atomic E-state index is 0.0992. The first-order valence-electron chi connectivity index (χ1n) is 9.43. The average molecular weight is 362 g/mol. The van der Waals surface area contributed by atoms with E-state index in [1.54, 1.807) is 22.8 Å². The molecule has 1 saturated carbocycles. The zero-order chi connectivity index (χ0) is 19.0. The summed E-state index contributed by atoms with van der Waals surface area (Å²) >= 11 is 0. The van der Waals surface area contributed by atoms with Crippen LogP contribution in [0.5, 0.6) is 0 Å². The normalized spacial score (nSPS) is 13.8. The van der Waals surface area contributed by atoms with Crippen molar-refractivity contribution in [3.8, 4) is 0 Å². The molecule has 0 unspecified atom stereocenters. The molecule has 0 bridgehead atoms. The summed E-state index contributed by atoms with van der Waals surface area (Å²) < 4.78 is 3.05. The summed E-state index contributed by atoms with van der Waals surface area (Å²) in [6.07, 6.45) is 2.62. The number of benzene rings is 2. The molecule has 5 nitrogen and oxygen atoms in total. The molecule has 1 heterocycles. The molecule has 5 heteroatoms. The Morgan fingerprint density at radius 3 is 2.37 bits per heavy atom. The molecule has 4 rings (SSSR count). The van der Waals surface area contributed by atoms with Gasteiger partial charge in [-0.2, -0.15) is 0 Å². The number of hydrogen-bond acceptors (Lipinski definition) is 3. The molecule has 3 aromatic rings. The number of hydrogen-bond donors (Lipinski definition) is 0. The van der Waals surface area contributed by atoms with Gasteiger partial charge in [-0.15, -0.1) is 0 Å². The molecule has 0 radical (unpaired) electrons. The van der Waals surface area contributed by atoms with Gasteiger partial charge in [-0.25, -0.2) is 4.79 Å². The molecule has 1 aliphatic carbocycles. The second kappa shape index (κ2) is 6.99. The first-order chi connectivity index (χ1) is 13.1. The Labute approximate surface area is 156 Å². The molecular formula is C22H22N2O3. The summed E-state index contributed by atoms with van der Waals surface area (Å²) in [7, 11) is 0. The first kappa shape index (κ1) is 17.5.